The van der Waals surface area contributed by atoms with Crippen molar-refractivity contribution < 1.29 is 19.1 Å². The summed E-state index contributed by atoms with van der Waals surface area (Å²) < 4.78 is 5.03. The van der Waals surface area contributed by atoms with Gasteiger partial charge in [-0.05, 0) is 30.2 Å². The fourth-order valence-corrected chi connectivity index (χ4v) is 2.56. The molecule has 0 aliphatic heterocycles. The summed E-state index contributed by atoms with van der Waals surface area (Å²) in [6.07, 6.45) is 0.192. The zero-order chi connectivity index (χ0) is 19.8. The highest BCUT2D eigenvalue weighted by molar-refractivity contribution is 6.31. The molecule has 3 amide bonds. The minimum Gasteiger partial charge on any atom is -0.454 e. The zero-order valence-corrected chi connectivity index (χ0v) is 15.5. The molecule has 0 unspecified atom stereocenters. The second-order valence-electron chi connectivity index (χ2n) is 5.82. The average molecular weight is 390 g/mol. The predicted molar refractivity (Wildman–Crippen MR) is 102 cm³/mol. The normalized spacial score (nSPS) is 11.3. The van der Waals surface area contributed by atoms with Gasteiger partial charge in [-0.3, -0.25) is 4.79 Å². The number of halogens is 1. The highest BCUT2D eigenvalue weighted by atomic mass is 35.5. The zero-order valence-electron chi connectivity index (χ0n) is 14.7. The maximum Gasteiger partial charge on any atom is 0.329 e. The van der Waals surface area contributed by atoms with E-state index in [1.165, 1.54) is 0 Å². The lowest BCUT2D eigenvalue weighted by molar-refractivity contribution is -0.149. The van der Waals surface area contributed by atoms with Gasteiger partial charge in [0.05, 0.1) is 0 Å². The molecule has 0 radical (unpaired) electrons. The smallest absolute Gasteiger partial charge is 0.329 e. The molecule has 2 aromatic rings. The van der Waals surface area contributed by atoms with Gasteiger partial charge in [0.15, 0.2) is 6.61 Å². The van der Waals surface area contributed by atoms with E-state index in [1.807, 2.05) is 18.2 Å². The molecule has 0 bridgehead atoms. The van der Waals surface area contributed by atoms with Crippen LogP contribution in [0.5, 0.6) is 0 Å². The van der Waals surface area contributed by atoms with Gasteiger partial charge in [-0.2, -0.15) is 0 Å². The second-order valence-corrected chi connectivity index (χ2v) is 6.23. The summed E-state index contributed by atoms with van der Waals surface area (Å²) in [4.78, 5) is 35.5. The van der Waals surface area contributed by atoms with Gasteiger partial charge in [-0.25, -0.2) is 9.59 Å². The molecule has 7 nitrogen and oxygen atoms in total. The van der Waals surface area contributed by atoms with E-state index in [9.17, 15) is 14.4 Å². The van der Waals surface area contributed by atoms with Gasteiger partial charge >= 0.3 is 12.0 Å². The molecular formula is C19H20ClN3O4. The number of hydrogen-bond donors (Lipinski definition) is 3. The highest BCUT2D eigenvalue weighted by Crippen LogP contribution is 2.22. The van der Waals surface area contributed by atoms with Crippen LogP contribution >= 0.6 is 11.6 Å². The number of anilines is 1. The third kappa shape index (κ3) is 6.31. The maximum absolute atomic E-state index is 12.3. The van der Waals surface area contributed by atoms with Crippen LogP contribution < -0.4 is 16.4 Å². The van der Waals surface area contributed by atoms with E-state index in [0.717, 1.165) is 5.56 Å². The first-order valence-corrected chi connectivity index (χ1v) is 8.56. The number of hydrogen-bond acceptors (Lipinski definition) is 4. The molecule has 2 aromatic carbocycles. The van der Waals surface area contributed by atoms with Crippen molar-refractivity contribution in [1.29, 1.82) is 0 Å². The predicted octanol–water partition coefficient (Wildman–Crippen LogP) is 2.41. The lowest BCUT2D eigenvalue weighted by atomic mass is 10.1. The van der Waals surface area contributed by atoms with Crippen molar-refractivity contribution in [3.8, 4) is 0 Å². The van der Waals surface area contributed by atoms with Crippen molar-refractivity contribution >= 4 is 35.2 Å². The van der Waals surface area contributed by atoms with Crippen LogP contribution in [-0.2, 0) is 20.7 Å². The molecule has 27 heavy (non-hydrogen) atoms. The molecule has 0 saturated carbocycles. The van der Waals surface area contributed by atoms with E-state index >= 15 is 0 Å². The Morgan fingerprint density at radius 2 is 1.81 bits per heavy atom. The van der Waals surface area contributed by atoms with Gasteiger partial charge in [-0.15, -0.1) is 0 Å². The topological polar surface area (TPSA) is 111 Å². The Bertz CT molecular complexity index is 827. The molecule has 2 rings (SSSR count). The fourth-order valence-electron chi connectivity index (χ4n) is 2.38. The van der Waals surface area contributed by atoms with Crippen LogP contribution in [0.1, 0.15) is 11.1 Å². The van der Waals surface area contributed by atoms with Crippen molar-refractivity contribution in [1.82, 2.24) is 5.32 Å². The Labute approximate surface area is 161 Å². The number of nitrogens with one attached hydrogen (secondary N) is 2. The number of carbonyl (C=O) groups is 3. The number of urea groups is 1. The van der Waals surface area contributed by atoms with Crippen LogP contribution in [0.3, 0.4) is 0 Å². The Kier molecular flexibility index (Phi) is 7.19. The second kappa shape index (κ2) is 9.59. The molecule has 8 heteroatoms. The van der Waals surface area contributed by atoms with Crippen LogP contribution in [0.15, 0.2) is 48.5 Å². The molecule has 0 saturated heterocycles. The summed E-state index contributed by atoms with van der Waals surface area (Å²) in [5.41, 5.74) is 7.17. The lowest BCUT2D eigenvalue weighted by Gasteiger charge is -2.17. The van der Waals surface area contributed by atoms with E-state index in [2.05, 4.69) is 10.6 Å². The average Bonchev–Trinajstić information content (AvgIpc) is 2.63. The number of nitrogens with two attached hydrogens (primary N) is 1. The Morgan fingerprint density at radius 1 is 1.11 bits per heavy atom. The van der Waals surface area contributed by atoms with Gasteiger partial charge in [-0.1, -0.05) is 48.0 Å². The summed E-state index contributed by atoms with van der Waals surface area (Å²) in [7, 11) is 0. The van der Waals surface area contributed by atoms with Crippen LogP contribution in [0.25, 0.3) is 0 Å². The molecule has 0 aromatic heterocycles. The van der Waals surface area contributed by atoms with Crippen LogP contribution in [0.2, 0.25) is 5.02 Å². The monoisotopic (exact) mass is 389 g/mol. The maximum atomic E-state index is 12.3. The minimum absolute atomic E-state index is 0.192. The van der Waals surface area contributed by atoms with E-state index in [4.69, 9.17) is 22.1 Å². The van der Waals surface area contributed by atoms with Crippen LogP contribution in [0, 0.1) is 6.92 Å². The minimum atomic E-state index is -0.995. The van der Waals surface area contributed by atoms with Crippen molar-refractivity contribution in [3.63, 3.8) is 0 Å². The van der Waals surface area contributed by atoms with E-state index in [0.29, 0.717) is 16.3 Å². The standard InChI is InChI=1S/C19H20ClN3O4/c1-12-14(20)8-5-9-15(12)22-17(24)11-27-18(25)16(23-19(21)26)10-13-6-3-2-4-7-13/h2-9,16H,10-11H2,1H3,(H,22,24)(H3,21,23,26)/t16-/m0/s1. The van der Waals surface area contributed by atoms with Crippen molar-refractivity contribution in [3.05, 3.63) is 64.7 Å². The molecule has 142 valence electrons. The largest absolute Gasteiger partial charge is 0.454 e. The van der Waals surface area contributed by atoms with Crippen LogP contribution in [-0.4, -0.2) is 30.6 Å². The third-order valence-corrected chi connectivity index (χ3v) is 4.18. The number of esters is 1. The number of ether oxygens (including phenoxy) is 1. The SMILES string of the molecule is Cc1c(Cl)cccc1NC(=O)COC(=O)[C@H](Cc1ccccc1)NC(N)=O. The van der Waals surface area contributed by atoms with E-state index < -0.39 is 30.6 Å². The fraction of sp³-hybridized carbons (Fsp3) is 0.211. The summed E-state index contributed by atoms with van der Waals surface area (Å²) in [5, 5.41) is 5.47. The van der Waals surface area contributed by atoms with E-state index in [-0.39, 0.29) is 6.42 Å². The molecule has 0 spiro atoms. The molecule has 1 atom stereocenters. The number of carbonyl (C=O) groups excluding carboxylic acids is 3. The Balaban J connectivity index is 1.94. The van der Waals surface area contributed by atoms with Gasteiger partial charge < -0.3 is 21.1 Å². The van der Waals surface area contributed by atoms with Crippen molar-refractivity contribution in [2.24, 2.45) is 5.73 Å². The number of amides is 3. The van der Waals surface area contributed by atoms with Crippen molar-refractivity contribution in [2.75, 3.05) is 11.9 Å². The summed E-state index contributed by atoms with van der Waals surface area (Å²) in [6, 6.07) is 12.3. The Morgan fingerprint density at radius 3 is 2.48 bits per heavy atom. The molecule has 0 aliphatic carbocycles. The van der Waals surface area contributed by atoms with Crippen LogP contribution in [0.4, 0.5) is 10.5 Å². The Hall–Kier alpha value is -3.06. The van der Waals surface area contributed by atoms with Gasteiger partial charge in [0, 0.05) is 17.1 Å². The number of rotatable bonds is 7. The lowest BCUT2D eigenvalue weighted by Crippen LogP contribution is -2.46. The number of benzene rings is 2. The van der Waals surface area contributed by atoms with Gasteiger partial charge in [0.1, 0.15) is 6.04 Å². The molecule has 0 fully saturated rings. The molecule has 4 N–H and O–H groups in total. The van der Waals surface area contributed by atoms with Crippen molar-refractivity contribution in [2.45, 2.75) is 19.4 Å². The number of primary amides is 1. The third-order valence-electron chi connectivity index (χ3n) is 3.77. The summed E-state index contributed by atoms with van der Waals surface area (Å²) >= 11 is 6.00. The quantitative estimate of drug-likeness (QED) is 0.631. The summed E-state index contributed by atoms with van der Waals surface area (Å²) in [5.74, 6) is -1.28. The molecule has 0 heterocycles. The first kappa shape index (κ1) is 20.3. The highest BCUT2D eigenvalue weighted by Gasteiger charge is 2.23. The van der Waals surface area contributed by atoms with Gasteiger partial charge in [0.25, 0.3) is 5.91 Å². The van der Waals surface area contributed by atoms with E-state index in [1.54, 1.807) is 37.3 Å². The molecule has 0 aliphatic rings. The first-order chi connectivity index (χ1) is 12.9. The van der Waals surface area contributed by atoms with Gasteiger partial charge in [0.2, 0.25) is 0 Å². The molecular weight excluding hydrogens is 370 g/mol. The summed E-state index contributed by atoms with van der Waals surface area (Å²) in [6.45, 7) is 1.26. The first-order valence-electron chi connectivity index (χ1n) is 8.18.